The second kappa shape index (κ2) is 5.92. The maximum Gasteiger partial charge on any atom is 0.134 e. The summed E-state index contributed by atoms with van der Waals surface area (Å²) in [5, 5.41) is 8.33. The second-order valence-electron chi connectivity index (χ2n) is 4.55. The average molecular weight is 290 g/mol. The van der Waals surface area contributed by atoms with E-state index in [1.807, 2.05) is 38.1 Å². The largest absolute Gasteiger partial charge is 0.488 e. The van der Waals surface area contributed by atoms with Crippen molar-refractivity contribution in [3.63, 3.8) is 0 Å². The molecular formula is C15H16ClN3O. The number of aryl methyl sites for hydroxylation is 2. The van der Waals surface area contributed by atoms with Crippen LogP contribution < -0.4 is 10.5 Å². The lowest BCUT2D eigenvalue weighted by Gasteiger charge is -2.13. The Morgan fingerprint density at radius 1 is 1.30 bits per heavy atom. The van der Waals surface area contributed by atoms with Crippen LogP contribution in [0, 0.1) is 19.3 Å². The molecule has 0 radical (unpaired) electrons. The molecule has 0 aliphatic carbocycles. The zero-order valence-electron chi connectivity index (χ0n) is 11.4. The van der Waals surface area contributed by atoms with Gasteiger partial charge in [-0.05, 0) is 31.5 Å². The Kier molecular flexibility index (Phi) is 4.25. The number of nitrogens with two attached hydrogens (primary N) is 1. The molecule has 2 rings (SSSR count). The highest BCUT2D eigenvalue weighted by molar-refractivity contribution is 6.30. The van der Waals surface area contributed by atoms with E-state index in [1.54, 1.807) is 6.07 Å². The van der Waals surface area contributed by atoms with Gasteiger partial charge in [-0.1, -0.05) is 23.7 Å². The first-order valence-corrected chi connectivity index (χ1v) is 6.55. The summed E-state index contributed by atoms with van der Waals surface area (Å²) in [7, 11) is 0. The van der Waals surface area contributed by atoms with Crippen LogP contribution in [0.2, 0.25) is 5.02 Å². The number of pyridine rings is 1. The molecule has 0 aliphatic rings. The number of ether oxygens (including phenoxy) is 1. The predicted octanol–water partition coefficient (Wildman–Crippen LogP) is 3.21. The molecule has 0 atom stereocenters. The molecule has 20 heavy (non-hydrogen) atoms. The standard InChI is InChI=1S/C15H16ClN3O/c1-9-7-13(14(15(17)18)10(2)19-9)20-8-11-3-5-12(16)6-4-11/h3-7H,8H2,1-2H3,(H3,17,18). The summed E-state index contributed by atoms with van der Waals surface area (Å²) in [5.41, 5.74) is 8.67. The van der Waals surface area contributed by atoms with E-state index in [9.17, 15) is 0 Å². The van der Waals surface area contributed by atoms with E-state index >= 15 is 0 Å². The molecular weight excluding hydrogens is 274 g/mol. The van der Waals surface area contributed by atoms with Crippen molar-refractivity contribution in [1.82, 2.24) is 4.98 Å². The van der Waals surface area contributed by atoms with Crippen LogP contribution in [-0.4, -0.2) is 10.8 Å². The molecule has 1 aromatic carbocycles. The molecule has 4 nitrogen and oxygen atoms in total. The van der Waals surface area contributed by atoms with Gasteiger partial charge in [0.1, 0.15) is 18.2 Å². The van der Waals surface area contributed by atoms with Crippen LogP contribution in [-0.2, 0) is 6.61 Å². The second-order valence-corrected chi connectivity index (χ2v) is 4.99. The number of benzene rings is 1. The van der Waals surface area contributed by atoms with Gasteiger partial charge in [0.05, 0.1) is 11.3 Å². The molecule has 3 N–H and O–H groups in total. The van der Waals surface area contributed by atoms with Crippen LogP contribution in [0.25, 0.3) is 0 Å². The molecule has 0 unspecified atom stereocenters. The average Bonchev–Trinajstić information content (AvgIpc) is 2.36. The van der Waals surface area contributed by atoms with Gasteiger partial charge in [-0.25, -0.2) is 0 Å². The number of rotatable bonds is 4. The molecule has 0 saturated carbocycles. The fourth-order valence-electron chi connectivity index (χ4n) is 1.98. The Morgan fingerprint density at radius 2 is 1.95 bits per heavy atom. The van der Waals surface area contributed by atoms with Crippen molar-refractivity contribution in [1.29, 1.82) is 5.41 Å². The topological polar surface area (TPSA) is 72.0 Å². The van der Waals surface area contributed by atoms with Crippen LogP contribution in [0.5, 0.6) is 5.75 Å². The lowest BCUT2D eigenvalue weighted by atomic mass is 10.1. The Morgan fingerprint density at radius 3 is 2.55 bits per heavy atom. The maximum atomic E-state index is 7.64. The van der Waals surface area contributed by atoms with Gasteiger partial charge in [0.2, 0.25) is 0 Å². The van der Waals surface area contributed by atoms with Crippen LogP contribution >= 0.6 is 11.6 Å². The number of aromatic nitrogens is 1. The van der Waals surface area contributed by atoms with E-state index in [2.05, 4.69) is 4.98 Å². The number of hydrogen-bond acceptors (Lipinski definition) is 3. The molecule has 0 spiro atoms. The molecule has 5 heteroatoms. The number of halogens is 1. The minimum atomic E-state index is -0.0406. The summed E-state index contributed by atoms with van der Waals surface area (Å²) in [5.74, 6) is 0.540. The Balaban J connectivity index is 2.24. The molecule has 0 bridgehead atoms. The van der Waals surface area contributed by atoms with Crippen molar-refractivity contribution >= 4 is 17.4 Å². The van der Waals surface area contributed by atoms with Gasteiger partial charge in [0.15, 0.2) is 0 Å². The minimum Gasteiger partial charge on any atom is -0.488 e. The van der Waals surface area contributed by atoms with Crippen molar-refractivity contribution in [2.24, 2.45) is 5.73 Å². The normalized spacial score (nSPS) is 10.3. The highest BCUT2D eigenvalue weighted by Gasteiger charge is 2.12. The van der Waals surface area contributed by atoms with E-state index in [-0.39, 0.29) is 5.84 Å². The van der Waals surface area contributed by atoms with E-state index in [4.69, 9.17) is 27.5 Å². The lowest BCUT2D eigenvalue weighted by Crippen LogP contribution is -2.16. The minimum absolute atomic E-state index is 0.0406. The van der Waals surface area contributed by atoms with Gasteiger partial charge in [0.25, 0.3) is 0 Å². The third kappa shape index (κ3) is 3.27. The Hall–Kier alpha value is -2.07. The number of nitrogen functional groups attached to an aromatic ring is 1. The monoisotopic (exact) mass is 289 g/mol. The molecule has 0 fully saturated rings. The smallest absolute Gasteiger partial charge is 0.134 e. The van der Waals surface area contributed by atoms with Crippen LogP contribution in [0.4, 0.5) is 0 Å². The number of nitrogens with one attached hydrogen (secondary N) is 1. The van der Waals surface area contributed by atoms with E-state index in [0.717, 1.165) is 11.3 Å². The van der Waals surface area contributed by atoms with Gasteiger partial charge >= 0.3 is 0 Å². The van der Waals surface area contributed by atoms with Gasteiger partial charge in [0, 0.05) is 16.8 Å². The quantitative estimate of drug-likeness (QED) is 0.670. The number of amidine groups is 1. The summed E-state index contributed by atoms with van der Waals surface area (Å²) in [6.07, 6.45) is 0. The van der Waals surface area contributed by atoms with E-state index < -0.39 is 0 Å². The van der Waals surface area contributed by atoms with Crippen LogP contribution in [0.1, 0.15) is 22.5 Å². The molecule has 0 amide bonds. The van der Waals surface area contributed by atoms with Crippen molar-refractivity contribution in [3.05, 3.63) is 57.9 Å². The lowest BCUT2D eigenvalue weighted by molar-refractivity contribution is 0.304. The zero-order valence-corrected chi connectivity index (χ0v) is 12.2. The highest BCUT2D eigenvalue weighted by Crippen LogP contribution is 2.23. The highest BCUT2D eigenvalue weighted by atomic mass is 35.5. The molecule has 0 saturated heterocycles. The number of hydrogen-bond donors (Lipinski definition) is 2. The number of nitrogens with zero attached hydrogens (tertiary/aromatic N) is 1. The Labute approximate surface area is 123 Å². The van der Waals surface area contributed by atoms with Crippen molar-refractivity contribution in [2.75, 3.05) is 0 Å². The molecule has 0 aliphatic heterocycles. The molecule has 2 aromatic rings. The van der Waals surface area contributed by atoms with Crippen LogP contribution in [0.15, 0.2) is 30.3 Å². The van der Waals surface area contributed by atoms with E-state index in [1.165, 1.54) is 0 Å². The summed E-state index contributed by atoms with van der Waals surface area (Å²) in [6, 6.07) is 9.22. The SMILES string of the molecule is Cc1cc(OCc2ccc(Cl)cc2)c(C(=N)N)c(C)n1. The summed E-state index contributed by atoms with van der Waals surface area (Å²) >= 11 is 5.84. The molecule has 1 aromatic heterocycles. The first kappa shape index (κ1) is 14.3. The molecule has 104 valence electrons. The van der Waals surface area contributed by atoms with E-state index in [0.29, 0.717) is 28.6 Å². The maximum absolute atomic E-state index is 7.64. The van der Waals surface area contributed by atoms with Crippen molar-refractivity contribution in [2.45, 2.75) is 20.5 Å². The van der Waals surface area contributed by atoms with Crippen LogP contribution in [0.3, 0.4) is 0 Å². The fraction of sp³-hybridized carbons (Fsp3) is 0.200. The van der Waals surface area contributed by atoms with Gasteiger partial charge in [-0.3, -0.25) is 10.4 Å². The predicted molar refractivity (Wildman–Crippen MR) is 80.5 cm³/mol. The van der Waals surface area contributed by atoms with Gasteiger partial charge < -0.3 is 10.5 Å². The zero-order chi connectivity index (χ0) is 14.7. The first-order chi connectivity index (χ1) is 9.47. The third-order valence-electron chi connectivity index (χ3n) is 2.87. The Bertz CT molecular complexity index is 638. The van der Waals surface area contributed by atoms with Crippen molar-refractivity contribution in [3.8, 4) is 5.75 Å². The summed E-state index contributed by atoms with van der Waals surface area (Å²) in [4.78, 5) is 4.30. The van der Waals surface area contributed by atoms with Gasteiger partial charge in [-0.15, -0.1) is 0 Å². The third-order valence-corrected chi connectivity index (χ3v) is 3.12. The van der Waals surface area contributed by atoms with Gasteiger partial charge in [-0.2, -0.15) is 0 Å². The molecule has 1 heterocycles. The summed E-state index contributed by atoms with van der Waals surface area (Å²) in [6.45, 7) is 4.09. The summed E-state index contributed by atoms with van der Waals surface area (Å²) < 4.78 is 5.78. The fourth-order valence-corrected chi connectivity index (χ4v) is 2.10. The first-order valence-electron chi connectivity index (χ1n) is 6.17. The van der Waals surface area contributed by atoms with Crippen molar-refractivity contribution < 1.29 is 4.74 Å².